The zero-order valence-corrected chi connectivity index (χ0v) is 20.3. The summed E-state index contributed by atoms with van der Waals surface area (Å²) in [4.78, 5) is 28.4. The molecule has 0 aromatic heterocycles. The molecule has 0 radical (unpaired) electrons. The smallest absolute Gasteiger partial charge is 0.227 e. The molecule has 34 heavy (non-hydrogen) atoms. The van der Waals surface area contributed by atoms with Crippen LogP contribution in [0.25, 0.3) is 0 Å². The van der Waals surface area contributed by atoms with Gasteiger partial charge in [0.1, 0.15) is 5.78 Å². The van der Waals surface area contributed by atoms with Crippen molar-refractivity contribution < 1.29 is 9.59 Å². The average molecular weight is 475 g/mol. The van der Waals surface area contributed by atoms with Crippen molar-refractivity contribution in [3.8, 4) is 0 Å². The summed E-state index contributed by atoms with van der Waals surface area (Å²) in [5.41, 5.74) is 4.19. The zero-order valence-electron chi connectivity index (χ0n) is 19.4. The molecule has 5 rings (SSSR count). The van der Waals surface area contributed by atoms with E-state index in [9.17, 15) is 9.59 Å². The van der Waals surface area contributed by atoms with Gasteiger partial charge in [-0.2, -0.15) is 0 Å². The first-order valence-corrected chi connectivity index (χ1v) is 11.8. The Hall–Kier alpha value is -3.11. The number of nitrogens with one attached hydrogen (secondary N) is 1. The Morgan fingerprint density at radius 2 is 1.50 bits per heavy atom. The van der Waals surface area contributed by atoms with Gasteiger partial charge in [-0.1, -0.05) is 78.9 Å². The van der Waals surface area contributed by atoms with Crippen molar-refractivity contribution in [1.29, 1.82) is 0 Å². The van der Waals surface area contributed by atoms with Gasteiger partial charge in [0.2, 0.25) is 5.91 Å². The van der Waals surface area contributed by atoms with Crippen molar-refractivity contribution in [2.24, 2.45) is 11.8 Å². The number of nitrogens with zero attached hydrogens (tertiary/aromatic N) is 1. The second-order valence-electron chi connectivity index (χ2n) is 9.27. The van der Waals surface area contributed by atoms with Crippen LogP contribution >= 0.6 is 12.4 Å². The van der Waals surface area contributed by atoms with Gasteiger partial charge < -0.3 is 10.2 Å². The van der Waals surface area contributed by atoms with E-state index in [0.717, 1.165) is 17.7 Å². The van der Waals surface area contributed by atoms with Gasteiger partial charge in [0.15, 0.2) is 0 Å². The van der Waals surface area contributed by atoms with Crippen LogP contribution in [0.3, 0.4) is 0 Å². The molecule has 1 amide bonds. The lowest BCUT2D eigenvalue weighted by molar-refractivity contribution is -0.129. The highest BCUT2D eigenvalue weighted by molar-refractivity contribution is 5.87. The molecule has 1 saturated heterocycles. The predicted octanol–water partition coefficient (Wildman–Crippen LogP) is 5.12. The molecular formula is C29H31ClN2O2. The second-order valence-corrected chi connectivity index (χ2v) is 9.27. The highest BCUT2D eigenvalue weighted by atomic mass is 35.5. The molecular weight excluding hydrogens is 444 g/mol. The molecule has 2 aliphatic rings. The first kappa shape index (κ1) is 24.0. The SMILES string of the molecule is CNc1ccccc1CC(=O)N1CC2C(=O)CCC(c3ccccc3)(c3ccccc3)C2C1.Cl. The number of Topliss-reactive ketones (excluding diaryl/α,β-unsaturated/α-hetero) is 1. The molecule has 2 fully saturated rings. The van der Waals surface area contributed by atoms with Crippen molar-refractivity contribution in [3.63, 3.8) is 0 Å². The number of benzene rings is 3. The quantitative estimate of drug-likeness (QED) is 0.558. The van der Waals surface area contributed by atoms with E-state index in [4.69, 9.17) is 0 Å². The summed E-state index contributed by atoms with van der Waals surface area (Å²) in [6, 6.07) is 29.1. The standard InChI is InChI=1S/C29H30N2O2.ClH/c1-30-26-15-9-8-10-21(26)18-28(33)31-19-24-25(20-31)29(17-16-27(24)32,22-11-4-2-5-12-22)23-13-6-3-7-14-23;/h2-15,24-25,30H,16-20H2,1H3;1H. The number of fused-ring (bicyclic) bond motifs is 1. The van der Waals surface area contributed by atoms with Gasteiger partial charge in [0.25, 0.3) is 0 Å². The van der Waals surface area contributed by atoms with Gasteiger partial charge in [-0.3, -0.25) is 9.59 Å². The Bertz CT molecular complexity index is 1110. The number of carbonyl (C=O) groups is 2. The Morgan fingerprint density at radius 1 is 0.912 bits per heavy atom. The number of likely N-dealkylation sites (tertiary alicyclic amines) is 1. The third kappa shape index (κ3) is 4.12. The molecule has 4 nitrogen and oxygen atoms in total. The van der Waals surface area contributed by atoms with Gasteiger partial charge in [-0.25, -0.2) is 0 Å². The first-order valence-electron chi connectivity index (χ1n) is 11.8. The zero-order chi connectivity index (χ0) is 22.8. The molecule has 1 aliphatic heterocycles. The molecule has 1 saturated carbocycles. The van der Waals surface area contributed by atoms with Gasteiger partial charge in [-0.05, 0) is 29.2 Å². The summed E-state index contributed by atoms with van der Waals surface area (Å²) in [6.45, 7) is 1.13. The molecule has 2 atom stereocenters. The summed E-state index contributed by atoms with van der Waals surface area (Å²) < 4.78 is 0. The molecule has 3 aromatic carbocycles. The number of halogens is 1. The monoisotopic (exact) mass is 474 g/mol. The minimum Gasteiger partial charge on any atom is -0.388 e. The number of para-hydroxylation sites is 1. The number of ketones is 1. The fraction of sp³-hybridized carbons (Fsp3) is 0.310. The van der Waals surface area contributed by atoms with Crippen molar-refractivity contribution in [1.82, 2.24) is 4.90 Å². The molecule has 3 aromatic rings. The van der Waals surface area contributed by atoms with E-state index in [-0.39, 0.29) is 35.6 Å². The summed E-state index contributed by atoms with van der Waals surface area (Å²) in [5.74, 6) is 0.345. The van der Waals surface area contributed by atoms with Gasteiger partial charge in [0.05, 0.1) is 6.42 Å². The number of carbonyl (C=O) groups excluding carboxylic acids is 2. The minimum atomic E-state index is -0.265. The molecule has 176 valence electrons. The third-order valence-electron chi connectivity index (χ3n) is 7.69. The van der Waals surface area contributed by atoms with Crippen LogP contribution in [0.4, 0.5) is 5.69 Å². The van der Waals surface area contributed by atoms with Crippen LogP contribution in [0.2, 0.25) is 0 Å². The number of hydrogen-bond donors (Lipinski definition) is 1. The summed E-state index contributed by atoms with van der Waals surface area (Å²) in [5, 5.41) is 3.18. The van der Waals surface area contributed by atoms with Crippen molar-refractivity contribution in [3.05, 3.63) is 102 Å². The van der Waals surface area contributed by atoms with Gasteiger partial charge in [-0.15, -0.1) is 12.4 Å². The number of anilines is 1. The Kier molecular flexibility index (Phi) is 7.08. The summed E-state index contributed by atoms with van der Waals surface area (Å²) in [6.07, 6.45) is 1.68. The normalized spacial score (nSPS) is 20.9. The van der Waals surface area contributed by atoms with E-state index >= 15 is 0 Å². The third-order valence-corrected chi connectivity index (χ3v) is 7.69. The lowest BCUT2D eigenvalue weighted by Gasteiger charge is -2.45. The van der Waals surface area contributed by atoms with Crippen LogP contribution in [0.15, 0.2) is 84.9 Å². The largest absolute Gasteiger partial charge is 0.388 e. The van der Waals surface area contributed by atoms with Crippen LogP contribution < -0.4 is 5.32 Å². The lowest BCUT2D eigenvalue weighted by Crippen LogP contribution is -2.47. The molecule has 1 aliphatic carbocycles. The number of rotatable bonds is 5. The Balaban J connectivity index is 0.00000274. The molecule has 5 heteroatoms. The van der Waals surface area contributed by atoms with E-state index in [1.165, 1.54) is 11.1 Å². The van der Waals surface area contributed by atoms with Crippen LogP contribution in [-0.2, 0) is 21.4 Å². The number of hydrogen-bond acceptors (Lipinski definition) is 3. The maximum Gasteiger partial charge on any atom is 0.227 e. The number of amides is 1. The maximum absolute atomic E-state index is 13.4. The second kappa shape index (κ2) is 10.0. The van der Waals surface area contributed by atoms with E-state index in [0.29, 0.717) is 31.7 Å². The van der Waals surface area contributed by atoms with Crippen molar-refractivity contribution in [2.45, 2.75) is 24.7 Å². The topological polar surface area (TPSA) is 49.4 Å². The first-order chi connectivity index (χ1) is 16.1. The Labute approximate surface area is 207 Å². The van der Waals surface area contributed by atoms with Crippen LogP contribution in [0.1, 0.15) is 29.5 Å². The van der Waals surface area contributed by atoms with Crippen LogP contribution in [-0.4, -0.2) is 36.7 Å². The van der Waals surface area contributed by atoms with E-state index in [1.807, 2.05) is 48.3 Å². The van der Waals surface area contributed by atoms with Gasteiger partial charge >= 0.3 is 0 Å². The highest BCUT2D eigenvalue weighted by Gasteiger charge is 2.55. The molecule has 2 unspecified atom stereocenters. The Morgan fingerprint density at radius 3 is 2.12 bits per heavy atom. The molecule has 0 spiro atoms. The summed E-state index contributed by atoms with van der Waals surface area (Å²) >= 11 is 0. The summed E-state index contributed by atoms with van der Waals surface area (Å²) in [7, 11) is 1.88. The molecule has 1 heterocycles. The predicted molar refractivity (Wildman–Crippen MR) is 138 cm³/mol. The maximum atomic E-state index is 13.4. The van der Waals surface area contributed by atoms with E-state index < -0.39 is 0 Å². The minimum absolute atomic E-state index is 0. The fourth-order valence-electron chi connectivity index (χ4n) is 6.07. The lowest BCUT2D eigenvalue weighted by atomic mass is 9.56. The van der Waals surface area contributed by atoms with E-state index in [2.05, 4.69) is 53.8 Å². The van der Waals surface area contributed by atoms with Crippen LogP contribution in [0.5, 0.6) is 0 Å². The van der Waals surface area contributed by atoms with E-state index in [1.54, 1.807) is 0 Å². The molecule has 0 bridgehead atoms. The van der Waals surface area contributed by atoms with Crippen molar-refractivity contribution in [2.75, 3.05) is 25.5 Å². The van der Waals surface area contributed by atoms with Crippen LogP contribution in [0, 0.1) is 11.8 Å². The highest BCUT2D eigenvalue weighted by Crippen LogP contribution is 2.52. The molecule has 1 N–H and O–H groups in total. The van der Waals surface area contributed by atoms with Crippen molar-refractivity contribution >= 4 is 29.8 Å². The van der Waals surface area contributed by atoms with Gasteiger partial charge in [0, 0.05) is 49.5 Å². The average Bonchev–Trinajstić information content (AvgIpc) is 3.33. The fourth-order valence-corrected chi connectivity index (χ4v) is 6.07.